The summed E-state index contributed by atoms with van der Waals surface area (Å²) < 4.78 is 10.8. The average Bonchev–Trinajstić information content (AvgIpc) is 3.19. The summed E-state index contributed by atoms with van der Waals surface area (Å²) in [4.78, 5) is 15.8. The number of hydrogen-bond donors (Lipinski definition) is 3. The lowest BCUT2D eigenvalue weighted by molar-refractivity contribution is 0.0547. The Bertz CT molecular complexity index is 498. The van der Waals surface area contributed by atoms with Gasteiger partial charge in [-0.15, -0.1) is 0 Å². The minimum atomic E-state index is 0.537. The Hall–Kier alpha value is -1.71. The lowest BCUT2D eigenvalue weighted by Crippen LogP contribution is -2.23. The van der Waals surface area contributed by atoms with Crippen LogP contribution in [0.3, 0.4) is 0 Å². The molecule has 9 nitrogen and oxygen atoms in total. The van der Waals surface area contributed by atoms with Crippen molar-refractivity contribution >= 4 is 17.8 Å². The fraction of sp³-hybridized carbons (Fsp3) is 0.824. The van der Waals surface area contributed by atoms with Crippen molar-refractivity contribution in [3.05, 3.63) is 0 Å². The molecule has 1 aromatic heterocycles. The van der Waals surface area contributed by atoms with Crippen molar-refractivity contribution in [3.8, 4) is 0 Å². The summed E-state index contributed by atoms with van der Waals surface area (Å²) in [6.45, 7) is 8.46. The van der Waals surface area contributed by atoms with Gasteiger partial charge in [-0.3, -0.25) is 0 Å². The first-order valence-corrected chi connectivity index (χ1v) is 9.67. The molecule has 0 saturated carbocycles. The maximum atomic E-state index is 5.52. The first-order chi connectivity index (χ1) is 12.8. The summed E-state index contributed by atoms with van der Waals surface area (Å²) in [7, 11) is 0. The van der Waals surface area contributed by atoms with Gasteiger partial charge in [0, 0.05) is 32.7 Å². The molecule has 4 N–H and O–H groups in total. The molecule has 0 radical (unpaired) electrons. The lowest BCUT2D eigenvalue weighted by atomic mass is 10.3. The molecule has 148 valence electrons. The van der Waals surface area contributed by atoms with Crippen LogP contribution < -0.4 is 21.3 Å². The smallest absolute Gasteiger partial charge is 0.231 e. The lowest BCUT2D eigenvalue weighted by Gasteiger charge is -2.17. The van der Waals surface area contributed by atoms with Crippen LogP contribution in [0.1, 0.15) is 32.6 Å². The SMILES string of the molecule is CCCCNc1nc(NCCOCCOCCN)nc(N2CCCC2)n1. The van der Waals surface area contributed by atoms with E-state index in [9.17, 15) is 0 Å². The second-order valence-electron chi connectivity index (χ2n) is 6.20. The topological polar surface area (TPSA) is 110 Å². The van der Waals surface area contributed by atoms with E-state index in [0.29, 0.717) is 51.4 Å². The number of nitrogens with zero attached hydrogens (tertiary/aromatic N) is 4. The van der Waals surface area contributed by atoms with Gasteiger partial charge in [0.05, 0.1) is 26.4 Å². The molecule has 0 bridgehead atoms. The van der Waals surface area contributed by atoms with E-state index in [1.165, 1.54) is 12.8 Å². The number of ether oxygens (including phenoxy) is 2. The number of anilines is 3. The molecule has 1 aromatic rings. The molecule has 1 saturated heterocycles. The van der Waals surface area contributed by atoms with Gasteiger partial charge < -0.3 is 30.7 Å². The van der Waals surface area contributed by atoms with Crippen LogP contribution in [-0.4, -0.2) is 74.1 Å². The molecule has 0 atom stereocenters. The fourth-order valence-electron chi connectivity index (χ4n) is 2.60. The summed E-state index contributed by atoms with van der Waals surface area (Å²) in [5.74, 6) is 1.97. The van der Waals surface area contributed by atoms with E-state index in [1.807, 2.05) is 0 Å². The van der Waals surface area contributed by atoms with E-state index in [-0.39, 0.29) is 0 Å². The number of rotatable bonds is 14. The Morgan fingerprint density at radius 1 is 0.923 bits per heavy atom. The Balaban J connectivity index is 1.81. The van der Waals surface area contributed by atoms with Crippen LogP contribution in [0.15, 0.2) is 0 Å². The van der Waals surface area contributed by atoms with Crippen molar-refractivity contribution in [1.29, 1.82) is 0 Å². The number of nitrogens with one attached hydrogen (secondary N) is 2. The third-order valence-corrected chi connectivity index (χ3v) is 3.99. The van der Waals surface area contributed by atoms with Gasteiger partial charge in [-0.1, -0.05) is 13.3 Å². The Morgan fingerprint density at radius 2 is 1.58 bits per heavy atom. The summed E-state index contributed by atoms with van der Waals surface area (Å²) in [6, 6.07) is 0. The molecule has 0 aromatic carbocycles. The van der Waals surface area contributed by atoms with Gasteiger partial charge >= 0.3 is 0 Å². The zero-order valence-corrected chi connectivity index (χ0v) is 15.9. The average molecular weight is 367 g/mol. The molecule has 0 amide bonds. The summed E-state index contributed by atoms with van der Waals surface area (Å²) in [6.07, 6.45) is 4.60. The summed E-state index contributed by atoms with van der Waals surface area (Å²) in [5, 5.41) is 6.52. The third-order valence-electron chi connectivity index (χ3n) is 3.99. The van der Waals surface area contributed by atoms with Crippen LogP contribution >= 0.6 is 0 Å². The van der Waals surface area contributed by atoms with Crippen molar-refractivity contribution in [2.45, 2.75) is 32.6 Å². The molecular formula is C17H33N7O2. The van der Waals surface area contributed by atoms with Crippen LogP contribution in [0.25, 0.3) is 0 Å². The minimum absolute atomic E-state index is 0.537. The second-order valence-corrected chi connectivity index (χ2v) is 6.20. The highest BCUT2D eigenvalue weighted by Gasteiger charge is 2.17. The monoisotopic (exact) mass is 367 g/mol. The van der Waals surface area contributed by atoms with E-state index < -0.39 is 0 Å². The quantitative estimate of drug-likeness (QED) is 0.416. The van der Waals surface area contributed by atoms with Crippen LogP contribution in [-0.2, 0) is 9.47 Å². The number of hydrogen-bond acceptors (Lipinski definition) is 9. The third kappa shape index (κ3) is 7.67. The maximum absolute atomic E-state index is 5.52. The minimum Gasteiger partial charge on any atom is -0.378 e. The van der Waals surface area contributed by atoms with E-state index in [1.54, 1.807) is 0 Å². The van der Waals surface area contributed by atoms with Crippen LogP contribution in [0.5, 0.6) is 0 Å². The molecular weight excluding hydrogens is 334 g/mol. The van der Waals surface area contributed by atoms with Gasteiger partial charge in [0.1, 0.15) is 0 Å². The Labute approximate surface area is 156 Å². The Morgan fingerprint density at radius 3 is 2.23 bits per heavy atom. The van der Waals surface area contributed by atoms with E-state index in [2.05, 4.69) is 37.4 Å². The molecule has 1 aliphatic heterocycles. The first-order valence-electron chi connectivity index (χ1n) is 9.67. The van der Waals surface area contributed by atoms with Gasteiger partial charge in [-0.05, 0) is 19.3 Å². The zero-order valence-electron chi connectivity index (χ0n) is 15.9. The number of unbranched alkanes of at least 4 members (excludes halogenated alkanes) is 1. The van der Waals surface area contributed by atoms with Crippen molar-refractivity contribution in [2.75, 3.05) is 74.7 Å². The molecule has 26 heavy (non-hydrogen) atoms. The summed E-state index contributed by atoms with van der Waals surface area (Å²) >= 11 is 0. The van der Waals surface area contributed by atoms with Crippen molar-refractivity contribution < 1.29 is 9.47 Å². The molecule has 0 unspecified atom stereocenters. The molecule has 9 heteroatoms. The van der Waals surface area contributed by atoms with Gasteiger partial charge in [-0.2, -0.15) is 15.0 Å². The molecule has 1 fully saturated rings. The predicted octanol–water partition coefficient (Wildman–Crippen LogP) is 1.09. The second kappa shape index (κ2) is 12.6. The number of aromatic nitrogens is 3. The maximum Gasteiger partial charge on any atom is 0.231 e. The van der Waals surface area contributed by atoms with Gasteiger partial charge in [-0.25, -0.2) is 0 Å². The fourth-order valence-corrected chi connectivity index (χ4v) is 2.60. The largest absolute Gasteiger partial charge is 0.378 e. The number of nitrogens with two attached hydrogens (primary N) is 1. The molecule has 0 spiro atoms. The Kier molecular flexibility index (Phi) is 9.99. The van der Waals surface area contributed by atoms with E-state index in [4.69, 9.17) is 15.2 Å². The molecule has 2 rings (SSSR count). The highest BCUT2D eigenvalue weighted by atomic mass is 16.5. The molecule has 0 aliphatic carbocycles. The molecule has 1 aliphatic rings. The normalized spacial score (nSPS) is 14.0. The predicted molar refractivity (Wildman–Crippen MR) is 104 cm³/mol. The highest BCUT2D eigenvalue weighted by Crippen LogP contribution is 2.18. The highest BCUT2D eigenvalue weighted by molar-refractivity contribution is 5.44. The van der Waals surface area contributed by atoms with Crippen LogP contribution in [0, 0.1) is 0 Å². The van der Waals surface area contributed by atoms with Gasteiger partial charge in [0.2, 0.25) is 17.8 Å². The first kappa shape index (κ1) is 20.6. The van der Waals surface area contributed by atoms with Crippen molar-refractivity contribution in [2.24, 2.45) is 5.73 Å². The zero-order chi connectivity index (χ0) is 18.5. The van der Waals surface area contributed by atoms with Crippen LogP contribution in [0.2, 0.25) is 0 Å². The van der Waals surface area contributed by atoms with Crippen LogP contribution in [0.4, 0.5) is 17.8 Å². The van der Waals surface area contributed by atoms with E-state index in [0.717, 1.165) is 38.4 Å². The van der Waals surface area contributed by atoms with Crippen molar-refractivity contribution in [3.63, 3.8) is 0 Å². The summed E-state index contributed by atoms with van der Waals surface area (Å²) in [5.41, 5.74) is 5.36. The van der Waals surface area contributed by atoms with E-state index >= 15 is 0 Å². The van der Waals surface area contributed by atoms with Gasteiger partial charge in [0.25, 0.3) is 0 Å². The van der Waals surface area contributed by atoms with Crippen molar-refractivity contribution in [1.82, 2.24) is 15.0 Å². The van der Waals surface area contributed by atoms with Gasteiger partial charge in [0.15, 0.2) is 0 Å². The standard InChI is InChI=1S/C17H33N7O2/c1-2-3-7-19-15-21-16(20-8-12-26-14-13-25-11-6-18)23-17(22-15)24-9-4-5-10-24/h2-14,18H2,1H3,(H2,19,20,21,22,23). The molecule has 2 heterocycles.